The molecule has 136 valence electrons. The molecule has 26 heavy (non-hydrogen) atoms. The molecule has 2 heterocycles. The Morgan fingerprint density at radius 2 is 1.92 bits per heavy atom. The van der Waals surface area contributed by atoms with Crippen molar-refractivity contribution >= 4 is 17.1 Å². The van der Waals surface area contributed by atoms with Gasteiger partial charge in [0.2, 0.25) is 0 Å². The standard InChI is InChI=1S/C20H25N5O/c1-13(2)23-19-17(20(21)26)10-22-25-12-16(9-18(19)25)15-7-5-14(6-8-15)11-24(3)4/h5-10,12-13,23H,11H2,1-4H3,(H2,21,26). The van der Waals surface area contributed by atoms with E-state index >= 15 is 0 Å². The van der Waals surface area contributed by atoms with Crippen LogP contribution in [0, 0.1) is 0 Å². The van der Waals surface area contributed by atoms with Gasteiger partial charge < -0.3 is 16.0 Å². The van der Waals surface area contributed by atoms with Gasteiger partial charge in [0.15, 0.2) is 0 Å². The van der Waals surface area contributed by atoms with E-state index < -0.39 is 5.91 Å². The first kappa shape index (κ1) is 17.9. The van der Waals surface area contributed by atoms with Crippen molar-refractivity contribution in [3.05, 3.63) is 53.9 Å². The Bertz CT molecular complexity index is 925. The lowest BCUT2D eigenvalue weighted by Crippen LogP contribution is -2.19. The Morgan fingerprint density at radius 1 is 1.23 bits per heavy atom. The summed E-state index contributed by atoms with van der Waals surface area (Å²) < 4.78 is 1.78. The number of hydrogen-bond acceptors (Lipinski definition) is 4. The molecule has 0 fully saturated rings. The molecule has 3 N–H and O–H groups in total. The molecule has 3 aromatic rings. The number of nitrogens with zero attached hydrogens (tertiary/aromatic N) is 3. The maximum absolute atomic E-state index is 11.8. The average molecular weight is 351 g/mol. The predicted molar refractivity (Wildman–Crippen MR) is 105 cm³/mol. The van der Waals surface area contributed by atoms with Crippen LogP contribution in [0.3, 0.4) is 0 Å². The van der Waals surface area contributed by atoms with Crippen molar-refractivity contribution in [2.24, 2.45) is 5.73 Å². The summed E-state index contributed by atoms with van der Waals surface area (Å²) in [7, 11) is 4.11. The highest BCUT2D eigenvalue weighted by atomic mass is 16.1. The molecule has 0 atom stereocenters. The number of primary amides is 1. The molecule has 0 aliphatic carbocycles. The second-order valence-corrected chi connectivity index (χ2v) is 7.09. The summed E-state index contributed by atoms with van der Waals surface area (Å²) in [4.78, 5) is 13.9. The molecule has 0 bridgehead atoms. The van der Waals surface area contributed by atoms with E-state index in [0.717, 1.165) is 28.9 Å². The van der Waals surface area contributed by atoms with E-state index in [4.69, 9.17) is 5.73 Å². The van der Waals surface area contributed by atoms with Crippen LogP contribution in [0.2, 0.25) is 0 Å². The maximum Gasteiger partial charge on any atom is 0.252 e. The maximum atomic E-state index is 11.8. The molecule has 0 saturated heterocycles. The largest absolute Gasteiger partial charge is 0.380 e. The molecule has 0 spiro atoms. The van der Waals surface area contributed by atoms with Gasteiger partial charge in [-0.3, -0.25) is 4.79 Å². The molecule has 6 heteroatoms. The molecule has 0 aliphatic heterocycles. The van der Waals surface area contributed by atoms with Crippen molar-refractivity contribution < 1.29 is 4.79 Å². The molecule has 1 amide bonds. The van der Waals surface area contributed by atoms with Crippen LogP contribution in [0.15, 0.2) is 42.7 Å². The molecule has 0 unspecified atom stereocenters. The number of fused-ring (bicyclic) bond motifs is 1. The topological polar surface area (TPSA) is 75.7 Å². The SMILES string of the molecule is CC(C)Nc1c(C(N)=O)cnn2cc(-c3ccc(CN(C)C)cc3)cc12. The zero-order valence-corrected chi connectivity index (χ0v) is 15.7. The zero-order valence-electron chi connectivity index (χ0n) is 15.7. The van der Waals surface area contributed by atoms with Gasteiger partial charge in [-0.25, -0.2) is 4.52 Å². The first-order valence-corrected chi connectivity index (χ1v) is 8.67. The van der Waals surface area contributed by atoms with E-state index in [2.05, 4.69) is 53.7 Å². The number of aromatic nitrogens is 2. The number of benzene rings is 1. The molecule has 0 aliphatic rings. The van der Waals surface area contributed by atoms with Crippen molar-refractivity contribution in [3.8, 4) is 11.1 Å². The summed E-state index contributed by atoms with van der Waals surface area (Å²) in [5, 5.41) is 7.67. The molecule has 0 saturated carbocycles. The van der Waals surface area contributed by atoms with Gasteiger partial charge in [-0.05, 0) is 45.1 Å². The lowest BCUT2D eigenvalue weighted by atomic mass is 10.1. The number of nitrogens with two attached hydrogens (primary N) is 1. The zero-order chi connectivity index (χ0) is 18.8. The first-order valence-electron chi connectivity index (χ1n) is 8.67. The summed E-state index contributed by atoms with van der Waals surface area (Å²) in [5.74, 6) is -0.487. The number of anilines is 1. The van der Waals surface area contributed by atoms with Gasteiger partial charge in [0.05, 0.1) is 23.0 Å². The van der Waals surface area contributed by atoms with E-state index in [1.54, 1.807) is 4.52 Å². The Labute approximate surface area is 153 Å². The fraction of sp³-hybridized carbons (Fsp3) is 0.300. The second kappa shape index (κ2) is 7.17. The summed E-state index contributed by atoms with van der Waals surface area (Å²) in [6.45, 7) is 4.95. The van der Waals surface area contributed by atoms with Crippen LogP contribution in [0.4, 0.5) is 5.69 Å². The Kier molecular flexibility index (Phi) is 4.95. The van der Waals surface area contributed by atoms with E-state index in [0.29, 0.717) is 5.56 Å². The number of amides is 1. The smallest absolute Gasteiger partial charge is 0.252 e. The van der Waals surface area contributed by atoms with Crippen LogP contribution in [-0.4, -0.2) is 40.6 Å². The number of rotatable bonds is 6. The molecule has 0 radical (unpaired) electrons. The third-order valence-electron chi connectivity index (χ3n) is 4.12. The lowest BCUT2D eigenvalue weighted by Gasteiger charge is -2.14. The summed E-state index contributed by atoms with van der Waals surface area (Å²) in [6, 6.07) is 10.7. The Morgan fingerprint density at radius 3 is 2.50 bits per heavy atom. The van der Waals surface area contributed by atoms with Gasteiger partial charge >= 0.3 is 0 Å². The van der Waals surface area contributed by atoms with E-state index in [-0.39, 0.29) is 6.04 Å². The highest BCUT2D eigenvalue weighted by Gasteiger charge is 2.16. The second-order valence-electron chi connectivity index (χ2n) is 7.09. The number of nitrogens with one attached hydrogen (secondary N) is 1. The average Bonchev–Trinajstić information content (AvgIpc) is 2.99. The van der Waals surface area contributed by atoms with Crippen LogP contribution in [0.25, 0.3) is 16.6 Å². The van der Waals surface area contributed by atoms with E-state index in [9.17, 15) is 4.79 Å². The van der Waals surface area contributed by atoms with Crippen LogP contribution in [-0.2, 0) is 6.54 Å². The molecule has 1 aromatic carbocycles. The highest BCUT2D eigenvalue weighted by Crippen LogP contribution is 2.29. The molecular weight excluding hydrogens is 326 g/mol. The lowest BCUT2D eigenvalue weighted by molar-refractivity contribution is 0.100. The van der Waals surface area contributed by atoms with Crippen molar-refractivity contribution in [2.75, 3.05) is 19.4 Å². The molecular formula is C20H25N5O. The fourth-order valence-corrected chi connectivity index (χ4v) is 3.01. The number of carbonyl (C=O) groups excluding carboxylic acids is 1. The minimum absolute atomic E-state index is 0.169. The van der Waals surface area contributed by atoms with Crippen LogP contribution >= 0.6 is 0 Å². The fourth-order valence-electron chi connectivity index (χ4n) is 3.01. The minimum Gasteiger partial charge on any atom is -0.380 e. The molecule has 3 rings (SSSR count). The van der Waals surface area contributed by atoms with E-state index in [1.165, 1.54) is 11.8 Å². The van der Waals surface area contributed by atoms with Crippen LogP contribution < -0.4 is 11.1 Å². The quantitative estimate of drug-likeness (QED) is 0.716. The Balaban J connectivity index is 2.04. The van der Waals surface area contributed by atoms with Gasteiger partial charge in [0.25, 0.3) is 5.91 Å². The molecule has 2 aromatic heterocycles. The van der Waals surface area contributed by atoms with Gasteiger partial charge in [-0.15, -0.1) is 0 Å². The third-order valence-corrected chi connectivity index (χ3v) is 4.12. The Hall–Kier alpha value is -2.86. The summed E-state index contributed by atoms with van der Waals surface area (Å²) in [5.41, 5.74) is 10.9. The normalized spacial score (nSPS) is 11.5. The summed E-state index contributed by atoms with van der Waals surface area (Å²) in [6.07, 6.45) is 3.48. The van der Waals surface area contributed by atoms with Crippen LogP contribution in [0.5, 0.6) is 0 Å². The number of carbonyl (C=O) groups is 1. The minimum atomic E-state index is -0.487. The van der Waals surface area contributed by atoms with Crippen molar-refractivity contribution in [1.29, 1.82) is 0 Å². The van der Waals surface area contributed by atoms with Crippen LogP contribution in [0.1, 0.15) is 29.8 Å². The van der Waals surface area contributed by atoms with Gasteiger partial charge in [0, 0.05) is 24.3 Å². The van der Waals surface area contributed by atoms with Gasteiger partial charge in [0.1, 0.15) is 0 Å². The van der Waals surface area contributed by atoms with Crippen molar-refractivity contribution in [3.63, 3.8) is 0 Å². The van der Waals surface area contributed by atoms with Gasteiger partial charge in [-0.1, -0.05) is 24.3 Å². The first-order chi connectivity index (χ1) is 12.3. The third kappa shape index (κ3) is 3.70. The molecule has 6 nitrogen and oxygen atoms in total. The van der Waals surface area contributed by atoms with Gasteiger partial charge in [-0.2, -0.15) is 5.10 Å². The summed E-state index contributed by atoms with van der Waals surface area (Å²) >= 11 is 0. The predicted octanol–water partition coefficient (Wildman–Crippen LogP) is 2.98. The van der Waals surface area contributed by atoms with Crippen molar-refractivity contribution in [1.82, 2.24) is 14.5 Å². The highest BCUT2D eigenvalue weighted by molar-refractivity contribution is 6.02. The number of hydrogen-bond donors (Lipinski definition) is 2. The van der Waals surface area contributed by atoms with Crippen molar-refractivity contribution in [2.45, 2.75) is 26.4 Å². The monoisotopic (exact) mass is 351 g/mol. The van der Waals surface area contributed by atoms with E-state index in [1.807, 2.05) is 26.1 Å².